The van der Waals surface area contributed by atoms with E-state index < -0.39 is 5.97 Å². The first kappa shape index (κ1) is 13.0. The first-order valence-electron chi connectivity index (χ1n) is 6.46. The van der Waals surface area contributed by atoms with E-state index in [1.54, 1.807) is 6.07 Å². The summed E-state index contributed by atoms with van der Waals surface area (Å²) in [6.45, 7) is 7.43. The molecular weight excluding hydrogens is 228 g/mol. The Hall–Kier alpha value is -1.42. The number of likely N-dealkylation sites (tertiary alicyclic amines) is 1. The van der Waals surface area contributed by atoms with E-state index in [1.165, 1.54) is 12.5 Å². The monoisotopic (exact) mass is 248 g/mol. The van der Waals surface area contributed by atoms with Crippen LogP contribution in [0.3, 0.4) is 0 Å². The number of nitrogens with zero attached hydrogens (tertiary/aromatic N) is 2. The lowest BCUT2D eigenvalue weighted by Gasteiger charge is -2.34. The molecule has 0 radical (unpaired) electrons. The van der Waals surface area contributed by atoms with E-state index in [9.17, 15) is 4.79 Å². The highest BCUT2D eigenvalue weighted by Crippen LogP contribution is 2.22. The fraction of sp³-hybridized carbons (Fsp3) is 0.571. The Kier molecular flexibility index (Phi) is 3.97. The zero-order chi connectivity index (χ0) is 13.1. The predicted molar refractivity (Wildman–Crippen MR) is 69.4 cm³/mol. The minimum Gasteiger partial charge on any atom is -0.477 e. The number of piperidine rings is 1. The Morgan fingerprint density at radius 3 is 2.67 bits per heavy atom. The second kappa shape index (κ2) is 5.48. The normalized spacial score (nSPS) is 25.0. The Morgan fingerprint density at radius 2 is 2.06 bits per heavy atom. The lowest BCUT2D eigenvalue weighted by Crippen LogP contribution is -2.38. The number of aromatic nitrogens is 1. The Bertz CT molecular complexity index is 424. The maximum atomic E-state index is 10.9. The summed E-state index contributed by atoms with van der Waals surface area (Å²) < 4.78 is 0. The van der Waals surface area contributed by atoms with Gasteiger partial charge in [0.05, 0.1) is 5.69 Å². The second-order valence-electron chi connectivity index (χ2n) is 5.46. The fourth-order valence-electron chi connectivity index (χ4n) is 2.84. The van der Waals surface area contributed by atoms with Gasteiger partial charge in [0.25, 0.3) is 0 Å². The number of pyridine rings is 1. The van der Waals surface area contributed by atoms with Crippen LogP contribution in [0, 0.1) is 11.8 Å². The molecule has 0 aromatic carbocycles. The van der Waals surface area contributed by atoms with E-state index in [4.69, 9.17) is 5.11 Å². The smallest absolute Gasteiger partial charge is 0.354 e. The molecule has 4 heteroatoms. The highest BCUT2D eigenvalue weighted by molar-refractivity contribution is 5.85. The molecule has 0 bridgehead atoms. The van der Waals surface area contributed by atoms with Gasteiger partial charge in [-0.2, -0.15) is 0 Å². The number of rotatable bonds is 3. The van der Waals surface area contributed by atoms with Gasteiger partial charge in [0.2, 0.25) is 0 Å². The van der Waals surface area contributed by atoms with Crippen LogP contribution in [0.2, 0.25) is 0 Å². The number of carboxylic acids is 1. The van der Waals surface area contributed by atoms with E-state index in [0.717, 1.165) is 25.3 Å². The van der Waals surface area contributed by atoms with Gasteiger partial charge in [0, 0.05) is 19.6 Å². The molecule has 4 nitrogen and oxygen atoms in total. The zero-order valence-corrected chi connectivity index (χ0v) is 11.0. The molecule has 1 N–H and O–H groups in total. The van der Waals surface area contributed by atoms with E-state index in [0.29, 0.717) is 11.8 Å². The van der Waals surface area contributed by atoms with E-state index in [2.05, 4.69) is 23.7 Å². The molecule has 2 heterocycles. The van der Waals surface area contributed by atoms with Gasteiger partial charge in [0.15, 0.2) is 0 Å². The number of carboxylic acid groups (broad SMARTS) is 1. The summed E-state index contributed by atoms with van der Waals surface area (Å²) in [7, 11) is 0. The third-order valence-electron chi connectivity index (χ3n) is 3.36. The summed E-state index contributed by atoms with van der Waals surface area (Å²) in [5, 5.41) is 8.92. The van der Waals surface area contributed by atoms with Gasteiger partial charge >= 0.3 is 5.97 Å². The molecule has 0 saturated carbocycles. The van der Waals surface area contributed by atoms with Crippen LogP contribution in [0.4, 0.5) is 0 Å². The van der Waals surface area contributed by atoms with Crippen molar-refractivity contribution in [2.75, 3.05) is 13.1 Å². The van der Waals surface area contributed by atoms with Crippen molar-refractivity contribution in [2.24, 2.45) is 11.8 Å². The molecule has 1 aromatic heterocycles. The largest absolute Gasteiger partial charge is 0.477 e. The molecule has 98 valence electrons. The molecule has 1 aliphatic rings. The van der Waals surface area contributed by atoms with E-state index in [1.807, 2.05) is 6.07 Å². The second-order valence-corrected chi connectivity index (χ2v) is 5.46. The highest BCUT2D eigenvalue weighted by Gasteiger charge is 2.22. The van der Waals surface area contributed by atoms with Crippen molar-refractivity contribution in [2.45, 2.75) is 26.8 Å². The lowest BCUT2D eigenvalue weighted by molar-refractivity contribution is 0.0689. The summed E-state index contributed by atoms with van der Waals surface area (Å²) in [5.74, 6) is 0.449. The molecular formula is C14H20N2O2. The van der Waals surface area contributed by atoms with Gasteiger partial charge in [-0.3, -0.25) is 4.90 Å². The molecule has 0 amide bonds. The predicted octanol–water partition coefficient (Wildman–Crippen LogP) is 2.26. The summed E-state index contributed by atoms with van der Waals surface area (Å²) in [4.78, 5) is 17.4. The fourth-order valence-corrected chi connectivity index (χ4v) is 2.84. The standard InChI is InChI=1S/C14H20N2O2/c1-10-6-11(2)8-16(7-10)9-12-4-3-5-13(15-12)14(17)18/h3-5,10-11H,6-9H2,1-2H3,(H,17,18). The molecule has 0 spiro atoms. The van der Waals surface area contributed by atoms with Gasteiger partial charge in [-0.1, -0.05) is 19.9 Å². The van der Waals surface area contributed by atoms with Crippen LogP contribution in [0.1, 0.15) is 36.5 Å². The first-order valence-corrected chi connectivity index (χ1v) is 6.46. The van der Waals surface area contributed by atoms with Gasteiger partial charge < -0.3 is 5.11 Å². The van der Waals surface area contributed by atoms with E-state index >= 15 is 0 Å². The Balaban J connectivity index is 2.04. The lowest BCUT2D eigenvalue weighted by atomic mass is 9.92. The molecule has 1 aliphatic heterocycles. The number of hydrogen-bond donors (Lipinski definition) is 1. The SMILES string of the molecule is CC1CC(C)CN(Cc2cccc(C(=O)O)n2)C1. The third-order valence-corrected chi connectivity index (χ3v) is 3.36. The summed E-state index contributed by atoms with van der Waals surface area (Å²) >= 11 is 0. The molecule has 2 unspecified atom stereocenters. The molecule has 1 saturated heterocycles. The van der Waals surface area contributed by atoms with Crippen molar-refractivity contribution < 1.29 is 9.90 Å². The van der Waals surface area contributed by atoms with E-state index in [-0.39, 0.29) is 5.69 Å². The molecule has 0 aliphatic carbocycles. The van der Waals surface area contributed by atoms with Crippen molar-refractivity contribution in [1.82, 2.24) is 9.88 Å². The van der Waals surface area contributed by atoms with Gasteiger partial charge in [-0.05, 0) is 30.4 Å². The maximum absolute atomic E-state index is 10.9. The van der Waals surface area contributed by atoms with Crippen LogP contribution in [0.5, 0.6) is 0 Å². The van der Waals surface area contributed by atoms with Gasteiger partial charge in [-0.25, -0.2) is 9.78 Å². The van der Waals surface area contributed by atoms with Crippen molar-refractivity contribution in [1.29, 1.82) is 0 Å². The molecule has 2 atom stereocenters. The quantitative estimate of drug-likeness (QED) is 0.891. The molecule has 1 fully saturated rings. The van der Waals surface area contributed by atoms with Gasteiger partial charge in [0.1, 0.15) is 5.69 Å². The van der Waals surface area contributed by atoms with Crippen LogP contribution in [0.25, 0.3) is 0 Å². The van der Waals surface area contributed by atoms with Crippen LogP contribution < -0.4 is 0 Å². The summed E-state index contributed by atoms with van der Waals surface area (Å²) in [5.41, 5.74) is 0.974. The zero-order valence-electron chi connectivity index (χ0n) is 11.0. The van der Waals surface area contributed by atoms with Crippen LogP contribution in [0.15, 0.2) is 18.2 Å². The molecule has 18 heavy (non-hydrogen) atoms. The number of hydrogen-bond acceptors (Lipinski definition) is 3. The topological polar surface area (TPSA) is 53.4 Å². The third kappa shape index (κ3) is 3.29. The van der Waals surface area contributed by atoms with Crippen LogP contribution in [-0.4, -0.2) is 34.0 Å². The van der Waals surface area contributed by atoms with Crippen LogP contribution in [-0.2, 0) is 6.54 Å². The highest BCUT2D eigenvalue weighted by atomic mass is 16.4. The summed E-state index contributed by atoms with van der Waals surface area (Å²) in [6.07, 6.45) is 1.28. The van der Waals surface area contributed by atoms with Crippen LogP contribution >= 0.6 is 0 Å². The number of aromatic carboxylic acids is 1. The average molecular weight is 248 g/mol. The van der Waals surface area contributed by atoms with Crippen molar-refractivity contribution in [3.8, 4) is 0 Å². The minimum absolute atomic E-state index is 0.130. The van der Waals surface area contributed by atoms with Gasteiger partial charge in [-0.15, -0.1) is 0 Å². The van der Waals surface area contributed by atoms with Crippen molar-refractivity contribution >= 4 is 5.97 Å². The van der Waals surface area contributed by atoms with Crippen molar-refractivity contribution in [3.63, 3.8) is 0 Å². The summed E-state index contributed by atoms with van der Waals surface area (Å²) in [6, 6.07) is 5.20. The maximum Gasteiger partial charge on any atom is 0.354 e. The Labute approximate surface area is 108 Å². The average Bonchev–Trinajstić information content (AvgIpc) is 2.27. The molecule has 2 rings (SSSR count). The number of carbonyl (C=O) groups is 1. The minimum atomic E-state index is -0.961. The van der Waals surface area contributed by atoms with Crippen molar-refractivity contribution in [3.05, 3.63) is 29.6 Å². The first-order chi connectivity index (χ1) is 8.54. The molecule has 1 aromatic rings. The Morgan fingerprint density at radius 1 is 1.39 bits per heavy atom.